The van der Waals surface area contributed by atoms with Gasteiger partial charge in [0, 0.05) is 5.56 Å². The molecule has 0 saturated heterocycles. The van der Waals surface area contributed by atoms with Crippen LogP contribution in [0.4, 0.5) is 24.5 Å². The summed E-state index contributed by atoms with van der Waals surface area (Å²) in [6.45, 7) is 14.3. The van der Waals surface area contributed by atoms with Gasteiger partial charge in [0.2, 0.25) is 8.32 Å². The van der Waals surface area contributed by atoms with Gasteiger partial charge in [0.05, 0.1) is 18.0 Å². The lowest BCUT2D eigenvalue weighted by Gasteiger charge is -2.42. The first-order chi connectivity index (χ1) is 14.9. The van der Waals surface area contributed by atoms with Gasteiger partial charge in [0.1, 0.15) is 5.82 Å². The molecule has 0 heterocycles. The molecule has 0 aliphatic heterocycles. The van der Waals surface area contributed by atoms with Crippen molar-refractivity contribution in [3.63, 3.8) is 0 Å². The number of nitrogens with one attached hydrogen (secondary N) is 1. The summed E-state index contributed by atoms with van der Waals surface area (Å²) in [6.07, 6.45) is 0.639. The Balaban J connectivity index is 2.39. The van der Waals surface area contributed by atoms with Crippen molar-refractivity contribution in [3.8, 4) is 0 Å². The third kappa shape index (κ3) is 5.26. The highest BCUT2D eigenvalue weighted by molar-refractivity contribution is 6.77. The monoisotopic (exact) mass is 465 g/mol. The van der Waals surface area contributed by atoms with E-state index >= 15 is 0 Å². The van der Waals surface area contributed by atoms with Crippen LogP contribution in [0.25, 0.3) is 0 Å². The van der Waals surface area contributed by atoms with Crippen molar-refractivity contribution >= 4 is 25.5 Å². The van der Waals surface area contributed by atoms with Gasteiger partial charge < -0.3 is 9.74 Å². The number of Topliss-reactive ketones (excluding diaryl/α,β-unsaturated/α-hetero) is 1. The van der Waals surface area contributed by atoms with Crippen LogP contribution in [0.1, 0.15) is 64.4 Å². The smallest absolute Gasteiger partial charge is 0.201 e. The van der Waals surface area contributed by atoms with Crippen LogP contribution in [-0.2, 0) is 10.8 Å². The molecule has 2 aromatic carbocycles. The second-order valence-corrected chi connectivity index (χ2v) is 14.6. The lowest BCUT2D eigenvalue weighted by molar-refractivity contribution is 0.0908. The number of carbonyl (C=O) groups excluding carboxylic acids is 1. The zero-order chi connectivity index (χ0) is 24.2. The maximum absolute atomic E-state index is 14.7. The van der Waals surface area contributed by atoms with E-state index in [4.69, 9.17) is 4.43 Å². The van der Waals surface area contributed by atoms with Crippen LogP contribution >= 0.6 is 0 Å². The number of anilines is 2. The highest BCUT2D eigenvalue weighted by Crippen LogP contribution is 2.42. The van der Waals surface area contributed by atoms with Gasteiger partial charge >= 0.3 is 0 Å². The van der Waals surface area contributed by atoms with E-state index < -0.39 is 31.6 Å². The zero-order valence-corrected chi connectivity index (χ0v) is 21.0. The minimum absolute atomic E-state index is 0.0306. The summed E-state index contributed by atoms with van der Waals surface area (Å²) in [5, 5.41) is 2.59. The van der Waals surface area contributed by atoms with E-state index in [9.17, 15) is 18.0 Å². The molecule has 0 aliphatic carbocycles. The average molecular weight is 466 g/mol. The second kappa shape index (κ2) is 10.7. The molecule has 2 rings (SSSR count). The molecule has 3 nitrogen and oxygen atoms in total. The van der Waals surface area contributed by atoms with E-state index in [-0.39, 0.29) is 40.2 Å². The fourth-order valence-electron chi connectivity index (χ4n) is 4.69. The largest absolute Gasteiger partial charge is 0.408 e. The molecule has 0 aromatic heterocycles. The Kier molecular flexibility index (Phi) is 8.71. The van der Waals surface area contributed by atoms with Gasteiger partial charge in [-0.3, -0.25) is 4.79 Å². The molecule has 0 saturated carbocycles. The Bertz CT molecular complexity index is 939. The summed E-state index contributed by atoms with van der Waals surface area (Å²) in [7, 11) is -2.33. The molecule has 7 heteroatoms. The number of carbonyl (C=O) groups is 1. The first-order valence-electron chi connectivity index (χ1n) is 11.2. The van der Waals surface area contributed by atoms with Gasteiger partial charge in [-0.05, 0) is 52.9 Å². The Hall–Kier alpha value is -2.12. The Morgan fingerprint density at radius 2 is 1.53 bits per heavy atom. The maximum atomic E-state index is 14.7. The Morgan fingerprint density at radius 1 is 0.938 bits per heavy atom. The van der Waals surface area contributed by atoms with Crippen LogP contribution < -0.4 is 5.32 Å². The molecule has 0 unspecified atom stereocenters. The summed E-state index contributed by atoms with van der Waals surface area (Å²) in [5.41, 5.74) is 1.10. The highest BCUT2D eigenvalue weighted by atomic mass is 28.4. The van der Waals surface area contributed by atoms with Crippen molar-refractivity contribution in [1.82, 2.24) is 0 Å². The number of halogens is 3. The van der Waals surface area contributed by atoms with Crippen LogP contribution in [0.2, 0.25) is 16.6 Å². The first kappa shape index (κ1) is 26.1. The van der Waals surface area contributed by atoms with Gasteiger partial charge in [-0.15, -0.1) is 0 Å². The topological polar surface area (TPSA) is 38.3 Å². The molecule has 0 radical (unpaired) electrons. The van der Waals surface area contributed by atoms with Gasteiger partial charge in [0.25, 0.3) is 0 Å². The standard InChI is InChI=1S/C25H34F3NO2Si/c1-8-18-9-12-22(21(27)13-18)29-25-19(10-11-20(26)24(25)28)23(30)14-31-32(15(2)3,16(4)5)17(6)7/h9-13,15-17,29H,8,14H2,1-7H3. The maximum Gasteiger partial charge on any atom is 0.201 e. The van der Waals surface area contributed by atoms with Crippen molar-refractivity contribution < 1.29 is 22.4 Å². The van der Waals surface area contributed by atoms with Crippen LogP contribution in [0.3, 0.4) is 0 Å². The van der Waals surface area contributed by atoms with E-state index in [2.05, 4.69) is 46.9 Å². The van der Waals surface area contributed by atoms with E-state index in [1.165, 1.54) is 18.2 Å². The van der Waals surface area contributed by atoms with Gasteiger partial charge in [-0.25, -0.2) is 13.2 Å². The summed E-state index contributed by atoms with van der Waals surface area (Å²) in [5.74, 6) is -3.43. The molecule has 176 valence electrons. The predicted octanol–water partition coefficient (Wildman–Crippen LogP) is 7.78. The molecule has 1 N–H and O–H groups in total. The summed E-state index contributed by atoms with van der Waals surface area (Å²) >= 11 is 0. The van der Waals surface area contributed by atoms with Crippen molar-refractivity contribution in [2.24, 2.45) is 0 Å². The summed E-state index contributed by atoms with van der Waals surface area (Å²) in [4.78, 5) is 13.1. The number of hydrogen-bond acceptors (Lipinski definition) is 3. The molecule has 0 bridgehead atoms. The fraction of sp³-hybridized carbons (Fsp3) is 0.480. The number of benzene rings is 2. The molecule has 32 heavy (non-hydrogen) atoms. The van der Waals surface area contributed by atoms with Crippen molar-refractivity contribution in [3.05, 3.63) is 58.9 Å². The van der Waals surface area contributed by atoms with E-state index in [0.29, 0.717) is 6.42 Å². The van der Waals surface area contributed by atoms with E-state index in [1.54, 1.807) is 6.07 Å². The quantitative estimate of drug-likeness (QED) is 0.287. The minimum atomic E-state index is -2.33. The number of ketones is 1. The number of hydrogen-bond donors (Lipinski definition) is 1. The second-order valence-electron chi connectivity index (χ2n) is 9.11. The van der Waals surface area contributed by atoms with E-state index in [1.807, 2.05) is 6.92 Å². The summed E-state index contributed by atoms with van der Waals surface area (Å²) < 4.78 is 49.5. The molecular formula is C25H34F3NO2Si. The fourth-order valence-corrected chi connectivity index (χ4v) is 10.1. The molecule has 0 aliphatic rings. The van der Waals surface area contributed by atoms with Gasteiger partial charge in [-0.1, -0.05) is 54.5 Å². The third-order valence-electron chi connectivity index (χ3n) is 6.26. The van der Waals surface area contributed by atoms with Crippen LogP contribution in [0.5, 0.6) is 0 Å². The number of rotatable bonds is 10. The SMILES string of the molecule is CCc1ccc(Nc2c(C(=O)CO[Si](C(C)C)(C(C)C)C(C)C)ccc(F)c2F)c(F)c1. The molecule has 2 aromatic rings. The molecule has 0 atom stereocenters. The third-order valence-corrected chi connectivity index (χ3v) is 12.3. The van der Waals surface area contributed by atoms with Crippen LogP contribution in [-0.4, -0.2) is 20.7 Å². The Labute approximate surface area is 190 Å². The Morgan fingerprint density at radius 3 is 2.03 bits per heavy atom. The summed E-state index contributed by atoms with van der Waals surface area (Å²) in [6, 6.07) is 6.60. The lowest BCUT2D eigenvalue weighted by Crippen LogP contribution is -2.48. The predicted molar refractivity (Wildman–Crippen MR) is 127 cm³/mol. The van der Waals surface area contributed by atoms with E-state index in [0.717, 1.165) is 11.6 Å². The molecule has 0 spiro atoms. The molecule has 0 fully saturated rings. The van der Waals surface area contributed by atoms with Crippen molar-refractivity contribution in [2.75, 3.05) is 11.9 Å². The van der Waals surface area contributed by atoms with Gasteiger partial charge in [0.15, 0.2) is 17.4 Å². The molecule has 0 amide bonds. The minimum Gasteiger partial charge on any atom is -0.408 e. The van der Waals surface area contributed by atoms with Crippen LogP contribution in [0.15, 0.2) is 30.3 Å². The number of aryl methyl sites for hydroxylation is 1. The van der Waals surface area contributed by atoms with Gasteiger partial charge in [-0.2, -0.15) is 0 Å². The zero-order valence-electron chi connectivity index (χ0n) is 20.0. The van der Waals surface area contributed by atoms with Crippen LogP contribution in [0, 0.1) is 17.5 Å². The lowest BCUT2D eigenvalue weighted by atomic mass is 10.1. The first-order valence-corrected chi connectivity index (χ1v) is 13.3. The molecular weight excluding hydrogens is 431 g/mol. The normalized spacial score (nSPS) is 12.2. The average Bonchev–Trinajstić information content (AvgIpc) is 2.72. The van der Waals surface area contributed by atoms with Crippen molar-refractivity contribution in [1.29, 1.82) is 0 Å². The van der Waals surface area contributed by atoms with Crippen molar-refractivity contribution in [2.45, 2.75) is 71.5 Å². The highest BCUT2D eigenvalue weighted by Gasteiger charge is 2.45.